The molecule has 4 nitrogen and oxygen atoms in total. The monoisotopic (exact) mass is 542 g/mol. The molecule has 0 amide bonds. The Morgan fingerprint density at radius 3 is 2.70 bits per heavy atom. The molecule has 1 saturated carbocycles. The van der Waals surface area contributed by atoms with Crippen LogP contribution in [0.15, 0.2) is 46.1 Å². The van der Waals surface area contributed by atoms with Gasteiger partial charge in [0, 0.05) is 37.6 Å². The lowest BCUT2D eigenvalue weighted by Crippen LogP contribution is -2.48. The SMILES string of the molecule is CCNC(=NCC1(c2cccc(F)c2)CC1)NC1CCN(Cc2ccsc2)CC1.I. The van der Waals surface area contributed by atoms with E-state index in [0.29, 0.717) is 12.6 Å². The van der Waals surface area contributed by atoms with E-state index in [0.717, 1.165) is 63.4 Å². The third-order valence-corrected chi connectivity index (χ3v) is 6.82. The van der Waals surface area contributed by atoms with Gasteiger partial charge in [-0.05, 0) is 72.7 Å². The summed E-state index contributed by atoms with van der Waals surface area (Å²) in [6.07, 6.45) is 4.42. The fourth-order valence-corrected chi connectivity index (χ4v) is 4.79. The highest BCUT2D eigenvalue weighted by molar-refractivity contribution is 14.0. The second kappa shape index (κ2) is 10.9. The van der Waals surface area contributed by atoms with Crippen molar-refractivity contribution in [1.29, 1.82) is 0 Å². The molecule has 7 heteroatoms. The third-order valence-electron chi connectivity index (χ3n) is 6.09. The average Bonchev–Trinajstić information content (AvgIpc) is 3.35. The van der Waals surface area contributed by atoms with Crippen LogP contribution >= 0.6 is 35.3 Å². The Bertz CT molecular complexity index is 814. The van der Waals surface area contributed by atoms with E-state index in [4.69, 9.17) is 4.99 Å². The minimum atomic E-state index is -0.156. The molecular formula is C23H32FIN4S. The Labute approximate surface area is 200 Å². The summed E-state index contributed by atoms with van der Waals surface area (Å²) >= 11 is 1.77. The number of piperidine rings is 1. The van der Waals surface area contributed by atoms with E-state index in [1.54, 1.807) is 17.4 Å². The number of hydrogen-bond acceptors (Lipinski definition) is 3. The molecule has 2 N–H and O–H groups in total. The molecule has 1 aromatic carbocycles. The van der Waals surface area contributed by atoms with Crippen molar-refractivity contribution < 1.29 is 4.39 Å². The maximum atomic E-state index is 13.6. The van der Waals surface area contributed by atoms with Crippen molar-refractivity contribution in [1.82, 2.24) is 15.5 Å². The van der Waals surface area contributed by atoms with E-state index in [2.05, 4.69) is 39.3 Å². The summed E-state index contributed by atoms with van der Waals surface area (Å²) in [5, 5.41) is 11.4. The number of hydrogen-bond donors (Lipinski definition) is 2. The second-order valence-electron chi connectivity index (χ2n) is 8.31. The van der Waals surface area contributed by atoms with Crippen LogP contribution in [0.3, 0.4) is 0 Å². The summed E-state index contributed by atoms with van der Waals surface area (Å²) < 4.78 is 13.6. The van der Waals surface area contributed by atoms with Gasteiger partial charge < -0.3 is 10.6 Å². The van der Waals surface area contributed by atoms with Gasteiger partial charge in [-0.2, -0.15) is 11.3 Å². The van der Waals surface area contributed by atoms with E-state index in [1.165, 1.54) is 11.6 Å². The fourth-order valence-electron chi connectivity index (χ4n) is 4.13. The zero-order chi connectivity index (χ0) is 20.1. The van der Waals surface area contributed by atoms with E-state index in [-0.39, 0.29) is 35.2 Å². The summed E-state index contributed by atoms with van der Waals surface area (Å²) in [4.78, 5) is 7.42. The number of thiophene rings is 1. The van der Waals surface area contributed by atoms with Crippen LogP contribution in [0, 0.1) is 5.82 Å². The third kappa shape index (κ3) is 6.17. The maximum absolute atomic E-state index is 13.6. The molecule has 4 rings (SSSR count). The number of nitrogens with one attached hydrogen (secondary N) is 2. The van der Waals surface area contributed by atoms with Crippen LogP contribution in [0.5, 0.6) is 0 Å². The highest BCUT2D eigenvalue weighted by Crippen LogP contribution is 2.48. The molecule has 1 aliphatic heterocycles. The van der Waals surface area contributed by atoms with Gasteiger partial charge in [0.05, 0.1) is 6.54 Å². The Balaban J connectivity index is 0.00000256. The fraction of sp³-hybridized carbons (Fsp3) is 0.522. The first-order chi connectivity index (χ1) is 14.2. The molecule has 0 bridgehead atoms. The van der Waals surface area contributed by atoms with Crippen LogP contribution in [0.1, 0.15) is 43.7 Å². The van der Waals surface area contributed by atoms with Gasteiger partial charge in [-0.3, -0.25) is 9.89 Å². The minimum Gasteiger partial charge on any atom is -0.357 e. The van der Waals surface area contributed by atoms with Gasteiger partial charge in [-0.1, -0.05) is 12.1 Å². The highest BCUT2D eigenvalue weighted by atomic mass is 127. The van der Waals surface area contributed by atoms with Crippen molar-refractivity contribution in [2.75, 3.05) is 26.2 Å². The molecule has 2 heterocycles. The number of guanidine groups is 1. The topological polar surface area (TPSA) is 39.7 Å². The molecule has 1 aliphatic carbocycles. The van der Waals surface area contributed by atoms with E-state index in [1.807, 2.05) is 12.1 Å². The lowest BCUT2D eigenvalue weighted by atomic mass is 9.96. The number of rotatable bonds is 7. The number of likely N-dealkylation sites (tertiary alicyclic amines) is 1. The van der Waals surface area contributed by atoms with Gasteiger partial charge in [0.25, 0.3) is 0 Å². The Morgan fingerprint density at radius 2 is 2.07 bits per heavy atom. The number of halogens is 2. The van der Waals surface area contributed by atoms with Crippen molar-refractivity contribution in [3.05, 3.63) is 58.0 Å². The molecule has 164 valence electrons. The summed E-state index contributed by atoms with van der Waals surface area (Å²) in [5.74, 6) is 0.739. The van der Waals surface area contributed by atoms with Crippen molar-refractivity contribution >= 4 is 41.3 Å². The van der Waals surface area contributed by atoms with Crippen LogP contribution in [-0.2, 0) is 12.0 Å². The lowest BCUT2D eigenvalue weighted by Gasteiger charge is -2.33. The largest absolute Gasteiger partial charge is 0.357 e. The summed E-state index contributed by atoms with van der Waals surface area (Å²) in [7, 11) is 0. The molecule has 1 aromatic heterocycles. The van der Waals surface area contributed by atoms with E-state index in [9.17, 15) is 4.39 Å². The average molecular weight is 543 g/mol. The first-order valence-corrected chi connectivity index (χ1v) is 11.7. The molecule has 1 saturated heterocycles. The van der Waals surface area contributed by atoms with Crippen LogP contribution in [0.2, 0.25) is 0 Å². The molecule has 0 atom stereocenters. The predicted octanol–water partition coefficient (Wildman–Crippen LogP) is 4.76. The zero-order valence-corrected chi connectivity index (χ0v) is 20.7. The molecule has 2 fully saturated rings. The highest BCUT2D eigenvalue weighted by Gasteiger charge is 2.44. The summed E-state index contributed by atoms with van der Waals surface area (Å²) in [6.45, 7) is 6.93. The Hall–Kier alpha value is -1.19. The number of aliphatic imine (C=N–C) groups is 1. The molecule has 0 unspecified atom stereocenters. The molecule has 30 heavy (non-hydrogen) atoms. The molecular weight excluding hydrogens is 510 g/mol. The Morgan fingerprint density at radius 1 is 1.27 bits per heavy atom. The molecule has 2 aliphatic rings. The van der Waals surface area contributed by atoms with Crippen LogP contribution < -0.4 is 10.6 Å². The van der Waals surface area contributed by atoms with E-state index < -0.39 is 0 Å². The number of nitrogens with zero attached hydrogens (tertiary/aromatic N) is 2. The van der Waals surface area contributed by atoms with Gasteiger partial charge >= 0.3 is 0 Å². The minimum absolute atomic E-state index is 0. The zero-order valence-electron chi connectivity index (χ0n) is 17.6. The van der Waals surface area contributed by atoms with Crippen LogP contribution in [-0.4, -0.2) is 43.1 Å². The summed E-state index contributed by atoms with van der Waals surface area (Å²) in [5.41, 5.74) is 2.52. The number of benzene rings is 1. The van der Waals surface area contributed by atoms with Gasteiger partial charge in [0.2, 0.25) is 0 Å². The van der Waals surface area contributed by atoms with Gasteiger partial charge in [-0.25, -0.2) is 4.39 Å². The molecule has 0 spiro atoms. The maximum Gasteiger partial charge on any atom is 0.191 e. The smallest absolute Gasteiger partial charge is 0.191 e. The normalized spacial score (nSPS) is 19.2. The van der Waals surface area contributed by atoms with Crippen molar-refractivity contribution in [3.8, 4) is 0 Å². The Kier molecular flexibility index (Phi) is 8.53. The first-order valence-electron chi connectivity index (χ1n) is 10.7. The first kappa shape index (κ1) is 23.5. The van der Waals surface area contributed by atoms with E-state index >= 15 is 0 Å². The van der Waals surface area contributed by atoms with Gasteiger partial charge in [0.1, 0.15) is 5.82 Å². The van der Waals surface area contributed by atoms with Crippen molar-refractivity contribution in [2.24, 2.45) is 4.99 Å². The second-order valence-corrected chi connectivity index (χ2v) is 9.09. The quantitative estimate of drug-likeness (QED) is 0.301. The van der Waals surface area contributed by atoms with Gasteiger partial charge in [-0.15, -0.1) is 24.0 Å². The van der Waals surface area contributed by atoms with Gasteiger partial charge in [0.15, 0.2) is 5.96 Å². The lowest BCUT2D eigenvalue weighted by molar-refractivity contribution is 0.198. The standard InChI is InChI=1S/C23H31FN4S.HI/c1-2-25-22(26-17-23(9-10-23)19-4-3-5-20(24)14-19)27-21-6-11-28(12-7-21)15-18-8-13-29-16-18;/h3-5,8,13-14,16,21H,2,6-7,9-12,15,17H2,1H3,(H2,25,26,27);1H. The van der Waals surface area contributed by atoms with Crippen LogP contribution in [0.25, 0.3) is 0 Å². The molecule has 2 aromatic rings. The van der Waals surface area contributed by atoms with Crippen molar-refractivity contribution in [2.45, 2.75) is 50.6 Å². The molecule has 0 radical (unpaired) electrons. The van der Waals surface area contributed by atoms with Crippen molar-refractivity contribution in [3.63, 3.8) is 0 Å². The predicted molar refractivity (Wildman–Crippen MR) is 134 cm³/mol. The summed E-state index contributed by atoms with van der Waals surface area (Å²) in [6, 6.07) is 9.70. The van der Waals surface area contributed by atoms with Crippen LogP contribution in [0.4, 0.5) is 4.39 Å².